The Balaban J connectivity index is 1.72. The SMILES string of the molecule is N#CN=C1NC(=O)C(=Cc2ccc(C=Cc3ccccn3)cc2)S1. The second-order valence-corrected chi connectivity index (χ2v) is 5.87. The third-order valence-corrected chi connectivity index (χ3v) is 4.08. The van der Waals surface area contributed by atoms with Crippen LogP contribution < -0.4 is 5.32 Å². The summed E-state index contributed by atoms with van der Waals surface area (Å²) in [6, 6.07) is 13.5. The Kier molecular flexibility index (Phi) is 4.84. The second-order valence-electron chi connectivity index (χ2n) is 4.84. The molecule has 0 unspecified atom stereocenters. The normalized spacial score (nSPS) is 17.4. The van der Waals surface area contributed by atoms with E-state index in [2.05, 4.69) is 15.3 Å². The Morgan fingerprint density at radius 2 is 1.92 bits per heavy atom. The highest BCUT2D eigenvalue weighted by atomic mass is 32.2. The van der Waals surface area contributed by atoms with E-state index in [4.69, 9.17) is 5.26 Å². The lowest BCUT2D eigenvalue weighted by atomic mass is 10.1. The maximum Gasteiger partial charge on any atom is 0.264 e. The van der Waals surface area contributed by atoms with Crippen molar-refractivity contribution >= 4 is 41.1 Å². The Labute approximate surface area is 143 Å². The maximum atomic E-state index is 11.8. The molecule has 24 heavy (non-hydrogen) atoms. The molecule has 1 aliphatic rings. The van der Waals surface area contributed by atoms with Crippen LogP contribution in [0, 0.1) is 11.5 Å². The second kappa shape index (κ2) is 7.40. The average Bonchev–Trinajstić information content (AvgIpc) is 2.95. The van der Waals surface area contributed by atoms with E-state index in [0.29, 0.717) is 10.1 Å². The molecule has 2 aromatic rings. The molecule has 1 fully saturated rings. The summed E-state index contributed by atoms with van der Waals surface area (Å²) in [5, 5.41) is 11.4. The minimum absolute atomic E-state index is 0.242. The van der Waals surface area contributed by atoms with E-state index < -0.39 is 0 Å². The molecule has 1 aromatic heterocycles. The number of amides is 1. The molecule has 1 amide bonds. The molecule has 0 aliphatic carbocycles. The first kappa shape index (κ1) is 15.7. The van der Waals surface area contributed by atoms with Crippen LogP contribution in [0.1, 0.15) is 16.8 Å². The molecule has 1 saturated heterocycles. The zero-order valence-corrected chi connectivity index (χ0v) is 13.3. The number of amidine groups is 1. The average molecular weight is 332 g/mol. The molecule has 2 heterocycles. The van der Waals surface area contributed by atoms with Gasteiger partial charge in [-0.15, -0.1) is 4.99 Å². The highest BCUT2D eigenvalue weighted by molar-refractivity contribution is 8.18. The van der Waals surface area contributed by atoms with Crippen molar-refractivity contribution in [2.24, 2.45) is 4.99 Å². The monoisotopic (exact) mass is 332 g/mol. The van der Waals surface area contributed by atoms with E-state index in [0.717, 1.165) is 28.6 Å². The Morgan fingerprint density at radius 3 is 2.62 bits per heavy atom. The van der Waals surface area contributed by atoms with Crippen molar-refractivity contribution in [2.75, 3.05) is 0 Å². The first-order valence-corrected chi connectivity index (χ1v) is 7.93. The van der Waals surface area contributed by atoms with E-state index in [-0.39, 0.29) is 5.91 Å². The van der Waals surface area contributed by atoms with Gasteiger partial charge in [0, 0.05) is 6.20 Å². The lowest BCUT2D eigenvalue weighted by Crippen LogP contribution is -2.19. The largest absolute Gasteiger partial charge is 0.300 e. The minimum Gasteiger partial charge on any atom is -0.300 e. The quantitative estimate of drug-likeness (QED) is 0.691. The number of hydrogen-bond acceptors (Lipinski definition) is 5. The maximum absolute atomic E-state index is 11.8. The van der Waals surface area contributed by atoms with Crippen molar-refractivity contribution in [3.05, 3.63) is 70.4 Å². The van der Waals surface area contributed by atoms with Gasteiger partial charge >= 0.3 is 0 Å². The van der Waals surface area contributed by atoms with Crippen LogP contribution in [0.2, 0.25) is 0 Å². The molecular weight excluding hydrogens is 320 g/mol. The third kappa shape index (κ3) is 3.97. The van der Waals surface area contributed by atoms with Crippen LogP contribution in [0.25, 0.3) is 18.2 Å². The summed E-state index contributed by atoms with van der Waals surface area (Å²) in [6.45, 7) is 0. The van der Waals surface area contributed by atoms with Crippen LogP contribution in [0.5, 0.6) is 0 Å². The number of aliphatic imine (C=N–C) groups is 1. The fraction of sp³-hybridized carbons (Fsp3) is 0. The van der Waals surface area contributed by atoms with Crippen molar-refractivity contribution in [3.8, 4) is 6.19 Å². The molecule has 6 heteroatoms. The van der Waals surface area contributed by atoms with Gasteiger partial charge in [-0.2, -0.15) is 5.26 Å². The molecular formula is C18H12N4OS. The molecule has 1 aliphatic heterocycles. The third-order valence-electron chi connectivity index (χ3n) is 3.17. The molecule has 116 valence electrons. The van der Waals surface area contributed by atoms with Crippen molar-refractivity contribution < 1.29 is 4.79 Å². The highest BCUT2D eigenvalue weighted by Gasteiger charge is 2.23. The van der Waals surface area contributed by atoms with Gasteiger partial charge in [-0.1, -0.05) is 36.4 Å². The summed E-state index contributed by atoms with van der Waals surface area (Å²) < 4.78 is 0. The predicted molar refractivity (Wildman–Crippen MR) is 96.4 cm³/mol. The zero-order chi connectivity index (χ0) is 16.8. The topological polar surface area (TPSA) is 78.1 Å². The molecule has 0 atom stereocenters. The van der Waals surface area contributed by atoms with E-state index in [9.17, 15) is 4.79 Å². The van der Waals surface area contributed by atoms with Crippen molar-refractivity contribution in [3.63, 3.8) is 0 Å². The Hall–Kier alpha value is -3.17. The number of carbonyl (C=O) groups excluding carboxylic acids is 1. The smallest absolute Gasteiger partial charge is 0.264 e. The number of aromatic nitrogens is 1. The number of hydrogen-bond donors (Lipinski definition) is 1. The van der Waals surface area contributed by atoms with Gasteiger partial charge in [0.15, 0.2) is 5.17 Å². The van der Waals surface area contributed by atoms with E-state index in [1.54, 1.807) is 18.5 Å². The highest BCUT2D eigenvalue weighted by Crippen LogP contribution is 2.26. The summed E-state index contributed by atoms with van der Waals surface area (Å²) in [5.74, 6) is -0.242. The van der Waals surface area contributed by atoms with Gasteiger partial charge in [0.25, 0.3) is 5.91 Å². The lowest BCUT2D eigenvalue weighted by molar-refractivity contribution is -0.115. The van der Waals surface area contributed by atoms with Crippen molar-refractivity contribution in [1.29, 1.82) is 5.26 Å². The molecule has 3 rings (SSSR count). The number of carbonyl (C=O) groups is 1. The van der Waals surface area contributed by atoms with Gasteiger partial charge in [0.2, 0.25) is 6.19 Å². The Bertz CT molecular complexity index is 877. The van der Waals surface area contributed by atoms with Gasteiger partial charge in [-0.05, 0) is 47.2 Å². The minimum atomic E-state index is -0.242. The van der Waals surface area contributed by atoms with E-state index in [1.807, 2.05) is 54.6 Å². The number of nitrogens with zero attached hydrogens (tertiary/aromatic N) is 3. The molecule has 0 saturated carbocycles. The fourth-order valence-electron chi connectivity index (χ4n) is 2.04. The van der Waals surface area contributed by atoms with Crippen LogP contribution in [-0.4, -0.2) is 16.1 Å². The van der Waals surface area contributed by atoms with Crippen molar-refractivity contribution in [2.45, 2.75) is 0 Å². The summed E-state index contributed by atoms with van der Waals surface area (Å²) >= 11 is 1.16. The van der Waals surface area contributed by atoms with Crippen LogP contribution in [0.15, 0.2) is 58.6 Å². The summed E-state index contributed by atoms with van der Waals surface area (Å²) in [6.07, 6.45) is 9.11. The fourth-order valence-corrected chi connectivity index (χ4v) is 2.81. The first-order valence-electron chi connectivity index (χ1n) is 7.11. The van der Waals surface area contributed by atoms with Gasteiger partial charge in [-0.25, -0.2) is 0 Å². The standard InChI is InChI=1S/C18H12N4OS/c19-12-21-18-22-17(23)16(24-18)11-14-6-4-13(5-7-14)8-9-15-3-1-2-10-20-15/h1-11H,(H,21,22,23). The van der Waals surface area contributed by atoms with Crippen LogP contribution in [-0.2, 0) is 4.79 Å². The number of thioether (sulfide) groups is 1. The first-order chi connectivity index (χ1) is 11.7. The van der Waals surface area contributed by atoms with Crippen LogP contribution >= 0.6 is 11.8 Å². The number of pyridine rings is 1. The Morgan fingerprint density at radius 1 is 1.12 bits per heavy atom. The van der Waals surface area contributed by atoms with Gasteiger partial charge in [0.1, 0.15) is 0 Å². The van der Waals surface area contributed by atoms with Crippen molar-refractivity contribution in [1.82, 2.24) is 10.3 Å². The molecule has 5 nitrogen and oxygen atoms in total. The van der Waals surface area contributed by atoms with Gasteiger partial charge < -0.3 is 0 Å². The van der Waals surface area contributed by atoms with Gasteiger partial charge in [-0.3, -0.25) is 15.1 Å². The summed E-state index contributed by atoms with van der Waals surface area (Å²) in [4.78, 5) is 20.1. The molecule has 0 spiro atoms. The predicted octanol–water partition coefficient (Wildman–Crippen LogP) is 3.29. The molecule has 0 bridgehead atoms. The molecule has 1 aromatic carbocycles. The zero-order valence-electron chi connectivity index (χ0n) is 12.5. The summed E-state index contributed by atoms with van der Waals surface area (Å²) in [5.41, 5.74) is 2.84. The molecule has 0 radical (unpaired) electrons. The molecule has 1 N–H and O–H groups in total. The number of nitrogens with one attached hydrogen (secondary N) is 1. The van der Waals surface area contributed by atoms with E-state index in [1.165, 1.54) is 0 Å². The van der Waals surface area contributed by atoms with Gasteiger partial charge in [0.05, 0.1) is 10.6 Å². The van der Waals surface area contributed by atoms with Crippen LogP contribution in [0.4, 0.5) is 0 Å². The van der Waals surface area contributed by atoms with Crippen LogP contribution in [0.3, 0.4) is 0 Å². The number of rotatable bonds is 3. The summed E-state index contributed by atoms with van der Waals surface area (Å²) in [7, 11) is 0. The number of nitriles is 1. The van der Waals surface area contributed by atoms with E-state index >= 15 is 0 Å². The lowest BCUT2D eigenvalue weighted by Gasteiger charge is -1.97. The number of benzene rings is 1.